The highest BCUT2D eigenvalue weighted by Gasteiger charge is 2.18. The van der Waals surface area contributed by atoms with Gasteiger partial charge in [0.25, 0.3) is 0 Å². The smallest absolute Gasteiger partial charge is 0.0888 e. The Bertz CT molecular complexity index is 122. The molecule has 0 aromatic rings. The van der Waals surface area contributed by atoms with Gasteiger partial charge in [-0.05, 0) is 12.3 Å². The van der Waals surface area contributed by atoms with Gasteiger partial charge < -0.3 is 11.1 Å². The summed E-state index contributed by atoms with van der Waals surface area (Å²) in [5.74, 6) is 0.544. The molecular weight excluding hydrogens is 124 g/mol. The van der Waals surface area contributed by atoms with Gasteiger partial charge in [-0.15, -0.1) is 0 Å². The minimum Gasteiger partial charge on any atom is -0.386 e. The second-order valence-electron chi connectivity index (χ2n) is 3.76. The molecule has 0 aliphatic carbocycles. The lowest BCUT2D eigenvalue weighted by Crippen LogP contribution is -2.38. The molecule has 3 N–H and O–H groups in total. The largest absolute Gasteiger partial charge is 0.386 e. The van der Waals surface area contributed by atoms with Crippen LogP contribution in [0.25, 0.3) is 0 Å². The molecule has 0 rings (SSSR count). The molecule has 60 valence electrons. The Kier molecular flexibility index (Phi) is 2.76. The molecule has 0 heterocycles. The normalized spacial score (nSPS) is 14.4. The molecule has 0 aromatic heterocycles. The first kappa shape index (κ1) is 9.34. The molecule has 0 bridgehead atoms. The molecule has 0 aliphatic rings. The lowest BCUT2D eigenvalue weighted by Gasteiger charge is -2.28. The Morgan fingerprint density at radius 3 is 2.00 bits per heavy atom. The second kappa shape index (κ2) is 2.95. The molecule has 1 unspecified atom stereocenters. The van der Waals surface area contributed by atoms with Gasteiger partial charge in [0.2, 0.25) is 0 Å². The Labute approximate surface area is 63.5 Å². The van der Waals surface area contributed by atoms with Crippen LogP contribution in [-0.2, 0) is 0 Å². The summed E-state index contributed by atoms with van der Waals surface area (Å²) in [6.07, 6.45) is 0. The van der Waals surface area contributed by atoms with Crippen LogP contribution in [0.4, 0.5) is 0 Å². The van der Waals surface area contributed by atoms with Gasteiger partial charge in [-0.3, -0.25) is 0 Å². The third kappa shape index (κ3) is 3.38. The molecule has 0 aliphatic heterocycles. The van der Waals surface area contributed by atoms with E-state index in [-0.39, 0.29) is 5.41 Å². The zero-order chi connectivity index (χ0) is 8.36. The molecule has 0 spiro atoms. The van der Waals surface area contributed by atoms with Gasteiger partial charge in [0.05, 0.1) is 5.82 Å². The molecule has 10 heavy (non-hydrogen) atoms. The second-order valence-corrected chi connectivity index (χ2v) is 3.76. The Balaban J connectivity index is 3.85. The Morgan fingerprint density at radius 1 is 1.50 bits per heavy atom. The van der Waals surface area contributed by atoms with Crippen molar-refractivity contribution < 1.29 is 0 Å². The average Bonchev–Trinajstić information content (AvgIpc) is 1.60. The van der Waals surface area contributed by atoms with E-state index in [0.717, 1.165) is 0 Å². The molecule has 2 heteroatoms. The predicted octanol–water partition coefficient (Wildman–Crippen LogP) is 1.44. The summed E-state index contributed by atoms with van der Waals surface area (Å²) in [6.45, 7) is 12.2. The maximum absolute atomic E-state index is 5.38. The molecular formula is C8H18N2. The van der Waals surface area contributed by atoms with Crippen LogP contribution in [0.5, 0.6) is 0 Å². The number of hydrogen-bond donors (Lipinski definition) is 2. The molecule has 0 radical (unpaired) electrons. The fourth-order valence-corrected chi connectivity index (χ4v) is 0.495. The van der Waals surface area contributed by atoms with Crippen molar-refractivity contribution in [1.82, 2.24) is 5.32 Å². The predicted molar refractivity (Wildman–Crippen MR) is 45.4 cm³/mol. The van der Waals surface area contributed by atoms with Gasteiger partial charge in [0, 0.05) is 6.04 Å². The number of hydrogen-bond acceptors (Lipinski definition) is 2. The lowest BCUT2D eigenvalue weighted by molar-refractivity contribution is 0.302. The van der Waals surface area contributed by atoms with Crippen molar-refractivity contribution in [3.05, 3.63) is 12.4 Å². The number of nitrogens with two attached hydrogens (primary N) is 1. The summed E-state index contributed by atoms with van der Waals surface area (Å²) >= 11 is 0. The summed E-state index contributed by atoms with van der Waals surface area (Å²) in [6, 6.07) is 0.366. The zero-order valence-corrected chi connectivity index (χ0v) is 7.36. The van der Waals surface area contributed by atoms with Gasteiger partial charge in [-0.2, -0.15) is 0 Å². The SMILES string of the molecule is C=C(N)NC(C)C(C)(C)C. The maximum Gasteiger partial charge on any atom is 0.0888 e. The van der Waals surface area contributed by atoms with Gasteiger partial charge in [0.1, 0.15) is 0 Å². The third-order valence-electron chi connectivity index (χ3n) is 1.70. The number of nitrogens with one attached hydrogen (secondary N) is 1. The lowest BCUT2D eigenvalue weighted by atomic mass is 9.88. The quantitative estimate of drug-likeness (QED) is 0.612. The van der Waals surface area contributed by atoms with Gasteiger partial charge >= 0.3 is 0 Å². The number of rotatable bonds is 2. The third-order valence-corrected chi connectivity index (χ3v) is 1.70. The van der Waals surface area contributed by atoms with E-state index in [1.807, 2.05) is 0 Å². The molecule has 0 saturated carbocycles. The van der Waals surface area contributed by atoms with Crippen molar-refractivity contribution in [3.63, 3.8) is 0 Å². The molecule has 0 aromatic carbocycles. The standard InChI is InChI=1S/C8H18N2/c1-6(8(3,4)5)10-7(2)9/h6,10H,2,9H2,1,3-5H3. The van der Waals surface area contributed by atoms with Crippen LogP contribution in [0.1, 0.15) is 27.7 Å². The van der Waals surface area contributed by atoms with E-state index in [1.54, 1.807) is 0 Å². The van der Waals surface area contributed by atoms with Gasteiger partial charge in [-0.1, -0.05) is 27.4 Å². The van der Waals surface area contributed by atoms with Crippen molar-refractivity contribution in [2.45, 2.75) is 33.7 Å². The molecule has 0 saturated heterocycles. The summed E-state index contributed by atoms with van der Waals surface area (Å²) in [5.41, 5.74) is 5.62. The van der Waals surface area contributed by atoms with Crippen LogP contribution >= 0.6 is 0 Å². The summed E-state index contributed by atoms with van der Waals surface area (Å²) < 4.78 is 0. The van der Waals surface area contributed by atoms with E-state index in [4.69, 9.17) is 5.73 Å². The summed E-state index contributed by atoms with van der Waals surface area (Å²) in [5, 5.41) is 3.07. The monoisotopic (exact) mass is 142 g/mol. The first-order chi connectivity index (χ1) is 4.34. The van der Waals surface area contributed by atoms with E-state index >= 15 is 0 Å². The van der Waals surface area contributed by atoms with E-state index in [2.05, 4.69) is 39.6 Å². The van der Waals surface area contributed by atoms with Crippen molar-refractivity contribution in [2.75, 3.05) is 0 Å². The van der Waals surface area contributed by atoms with Crippen LogP contribution in [0.3, 0.4) is 0 Å². The van der Waals surface area contributed by atoms with Crippen LogP contribution in [0, 0.1) is 5.41 Å². The first-order valence-electron chi connectivity index (χ1n) is 3.55. The molecule has 1 atom stereocenters. The van der Waals surface area contributed by atoms with Crippen LogP contribution in [-0.4, -0.2) is 6.04 Å². The summed E-state index contributed by atoms with van der Waals surface area (Å²) in [7, 11) is 0. The van der Waals surface area contributed by atoms with E-state index in [0.29, 0.717) is 11.9 Å². The van der Waals surface area contributed by atoms with Crippen LogP contribution < -0.4 is 11.1 Å². The van der Waals surface area contributed by atoms with Crippen LogP contribution in [0.2, 0.25) is 0 Å². The van der Waals surface area contributed by atoms with Gasteiger partial charge in [0.15, 0.2) is 0 Å². The fraction of sp³-hybridized carbons (Fsp3) is 0.750. The van der Waals surface area contributed by atoms with Crippen molar-refractivity contribution in [3.8, 4) is 0 Å². The van der Waals surface area contributed by atoms with Gasteiger partial charge in [-0.25, -0.2) is 0 Å². The Morgan fingerprint density at radius 2 is 1.90 bits per heavy atom. The highest BCUT2D eigenvalue weighted by molar-refractivity contribution is 4.89. The fourth-order valence-electron chi connectivity index (χ4n) is 0.495. The first-order valence-corrected chi connectivity index (χ1v) is 3.55. The van der Waals surface area contributed by atoms with Crippen LogP contribution in [0.15, 0.2) is 12.4 Å². The minimum atomic E-state index is 0.238. The van der Waals surface area contributed by atoms with E-state index in [1.165, 1.54) is 0 Å². The van der Waals surface area contributed by atoms with E-state index in [9.17, 15) is 0 Å². The van der Waals surface area contributed by atoms with Crippen molar-refractivity contribution >= 4 is 0 Å². The highest BCUT2D eigenvalue weighted by atomic mass is 15.0. The minimum absolute atomic E-state index is 0.238. The molecule has 0 fully saturated rings. The zero-order valence-electron chi connectivity index (χ0n) is 7.36. The molecule has 0 amide bonds. The van der Waals surface area contributed by atoms with Crippen molar-refractivity contribution in [2.24, 2.45) is 11.1 Å². The highest BCUT2D eigenvalue weighted by Crippen LogP contribution is 2.18. The van der Waals surface area contributed by atoms with Crippen molar-refractivity contribution in [1.29, 1.82) is 0 Å². The maximum atomic E-state index is 5.38. The Hall–Kier alpha value is -0.660. The van der Waals surface area contributed by atoms with E-state index < -0.39 is 0 Å². The molecule has 2 nitrogen and oxygen atoms in total. The summed E-state index contributed by atoms with van der Waals surface area (Å²) in [4.78, 5) is 0. The average molecular weight is 142 g/mol. The topological polar surface area (TPSA) is 38.0 Å².